The lowest BCUT2D eigenvalue weighted by Crippen LogP contribution is -2.40. The average Bonchev–Trinajstić information content (AvgIpc) is 2.73. The van der Waals surface area contributed by atoms with Gasteiger partial charge < -0.3 is 10.7 Å². The zero-order valence-electron chi connectivity index (χ0n) is 10.1. The number of rotatable bonds is 4. The number of fused-ring (bicyclic) bond motifs is 1. The lowest BCUT2D eigenvalue weighted by molar-refractivity contribution is 0.394. The number of aromatic nitrogens is 1. The summed E-state index contributed by atoms with van der Waals surface area (Å²) < 4.78 is 0. The molecule has 0 saturated heterocycles. The zero-order valence-corrected chi connectivity index (χ0v) is 10.1. The first-order valence-electron chi connectivity index (χ1n) is 6.02. The molecule has 1 aromatic heterocycles. The van der Waals surface area contributed by atoms with Gasteiger partial charge in [0.1, 0.15) is 0 Å². The molecule has 86 valence electrons. The van der Waals surface area contributed by atoms with Crippen molar-refractivity contribution in [2.45, 2.75) is 38.6 Å². The summed E-state index contributed by atoms with van der Waals surface area (Å²) in [6.45, 7) is 4.33. The summed E-state index contributed by atoms with van der Waals surface area (Å²) in [7, 11) is 0. The molecule has 0 atom stereocenters. The summed E-state index contributed by atoms with van der Waals surface area (Å²) in [5.41, 5.74) is 8.84. The Bertz CT molecular complexity index is 466. The molecule has 2 heteroatoms. The second kappa shape index (κ2) is 4.30. The minimum atomic E-state index is -0.0645. The van der Waals surface area contributed by atoms with E-state index >= 15 is 0 Å². The molecule has 0 aliphatic carbocycles. The molecule has 0 bridgehead atoms. The van der Waals surface area contributed by atoms with Gasteiger partial charge in [0.25, 0.3) is 0 Å². The number of para-hydroxylation sites is 1. The largest absolute Gasteiger partial charge is 0.361 e. The molecular formula is C14H20N2. The van der Waals surface area contributed by atoms with Crippen molar-refractivity contribution in [1.29, 1.82) is 0 Å². The maximum absolute atomic E-state index is 6.36. The number of nitrogens with one attached hydrogen (secondary N) is 1. The number of hydrogen-bond acceptors (Lipinski definition) is 1. The van der Waals surface area contributed by atoms with Crippen molar-refractivity contribution in [2.24, 2.45) is 5.73 Å². The van der Waals surface area contributed by atoms with Gasteiger partial charge in [0.15, 0.2) is 0 Å². The Morgan fingerprint density at radius 1 is 1.19 bits per heavy atom. The summed E-state index contributed by atoms with van der Waals surface area (Å²) in [6, 6.07) is 8.40. The predicted molar refractivity (Wildman–Crippen MR) is 69.5 cm³/mol. The highest BCUT2D eigenvalue weighted by Crippen LogP contribution is 2.24. The minimum Gasteiger partial charge on any atom is -0.361 e. The highest BCUT2D eigenvalue weighted by atomic mass is 14.7. The van der Waals surface area contributed by atoms with Crippen LogP contribution in [0.1, 0.15) is 32.3 Å². The molecule has 2 nitrogen and oxygen atoms in total. The van der Waals surface area contributed by atoms with E-state index < -0.39 is 0 Å². The van der Waals surface area contributed by atoms with Gasteiger partial charge in [-0.15, -0.1) is 0 Å². The Morgan fingerprint density at radius 3 is 2.56 bits per heavy atom. The van der Waals surface area contributed by atoms with E-state index in [1.807, 2.05) is 0 Å². The Labute approximate surface area is 96.9 Å². The van der Waals surface area contributed by atoms with Crippen LogP contribution >= 0.6 is 0 Å². The van der Waals surface area contributed by atoms with Crippen LogP contribution in [0.25, 0.3) is 10.9 Å². The van der Waals surface area contributed by atoms with Crippen LogP contribution in [0.15, 0.2) is 30.5 Å². The van der Waals surface area contributed by atoms with Crippen LogP contribution in [-0.4, -0.2) is 10.5 Å². The van der Waals surface area contributed by atoms with Crippen LogP contribution in [0.2, 0.25) is 0 Å². The van der Waals surface area contributed by atoms with Crippen molar-refractivity contribution in [3.63, 3.8) is 0 Å². The summed E-state index contributed by atoms with van der Waals surface area (Å²) in [6.07, 6.45) is 5.08. The maximum Gasteiger partial charge on any atom is 0.0456 e. The Balaban J connectivity index is 2.34. The Morgan fingerprint density at radius 2 is 1.88 bits per heavy atom. The quantitative estimate of drug-likeness (QED) is 0.809. The summed E-state index contributed by atoms with van der Waals surface area (Å²) in [5, 5.41) is 1.30. The first-order chi connectivity index (χ1) is 7.68. The van der Waals surface area contributed by atoms with Crippen molar-refractivity contribution in [3.8, 4) is 0 Å². The van der Waals surface area contributed by atoms with E-state index in [0.717, 1.165) is 19.3 Å². The van der Waals surface area contributed by atoms with Gasteiger partial charge in [-0.1, -0.05) is 32.0 Å². The fourth-order valence-corrected chi connectivity index (χ4v) is 2.16. The van der Waals surface area contributed by atoms with E-state index in [-0.39, 0.29) is 5.54 Å². The van der Waals surface area contributed by atoms with Crippen LogP contribution in [0.3, 0.4) is 0 Å². The second-order valence-corrected chi connectivity index (χ2v) is 4.61. The number of H-pyrrole nitrogens is 1. The molecule has 0 saturated carbocycles. The molecule has 0 unspecified atom stereocenters. The molecule has 2 aromatic rings. The third-order valence-corrected chi connectivity index (χ3v) is 3.63. The van der Waals surface area contributed by atoms with Crippen molar-refractivity contribution in [3.05, 3.63) is 36.0 Å². The molecular weight excluding hydrogens is 196 g/mol. The van der Waals surface area contributed by atoms with E-state index in [2.05, 4.69) is 49.3 Å². The fourth-order valence-electron chi connectivity index (χ4n) is 2.16. The SMILES string of the molecule is CCC(N)(CC)Cc1c[nH]c2ccccc12. The summed E-state index contributed by atoms with van der Waals surface area (Å²) >= 11 is 0. The van der Waals surface area contributed by atoms with Gasteiger partial charge in [-0.2, -0.15) is 0 Å². The monoisotopic (exact) mass is 216 g/mol. The Kier molecular flexibility index (Phi) is 3.01. The highest BCUT2D eigenvalue weighted by Gasteiger charge is 2.21. The predicted octanol–water partition coefficient (Wildman–Crippen LogP) is 3.23. The van der Waals surface area contributed by atoms with Gasteiger partial charge in [-0.05, 0) is 30.9 Å². The van der Waals surface area contributed by atoms with Crippen molar-refractivity contribution < 1.29 is 0 Å². The standard InChI is InChI=1S/C14H20N2/c1-3-14(15,4-2)9-11-10-16-13-8-6-5-7-12(11)13/h5-8,10,16H,3-4,9,15H2,1-2H3. The third-order valence-electron chi connectivity index (χ3n) is 3.63. The number of nitrogens with two attached hydrogens (primary N) is 1. The van der Waals surface area contributed by atoms with Gasteiger partial charge in [0.05, 0.1) is 0 Å². The van der Waals surface area contributed by atoms with Crippen molar-refractivity contribution in [1.82, 2.24) is 4.98 Å². The van der Waals surface area contributed by atoms with E-state index in [0.29, 0.717) is 0 Å². The summed E-state index contributed by atoms with van der Waals surface area (Å²) in [4.78, 5) is 3.30. The molecule has 0 fully saturated rings. The zero-order chi connectivity index (χ0) is 11.6. The van der Waals surface area contributed by atoms with Gasteiger partial charge in [-0.25, -0.2) is 0 Å². The minimum absolute atomic E-state index is 0.0645. The molecule has 1 heterocycles. The Hall–Kier alpha value is -1.28. The third kappa shape index (κ3) is 1.98. The smallest absolute Gasteiger partial charge is 0.0456 e. The second-order valence-electron chi connectivity index (χ2n) is 4.61. The van der Waals surface area contributed by atoms with E-state index in [1.165, 1.54) is 16.5 Å². The molecule has 0 spiro atoms. The van der Waals surface area contributed by atoms with E-state index in [9.17, 15) is 0 Å². The van der Waals surface area contributed by atoms with Gasteiger partial charge in [0.2, 0.25) is 0 Å². The number of hydrogen-bond donors (Lipinski definition) is 2. The maximum atomic E-state index is 6.36. The topological polar surface area (TPSA) is 41.8 Å². The fraction of sp³-hybridized carbons (Fsp3) is 0.429. The van der Waals surface area contributed by atoms with Crippen LogP contribution in [0.4, 0.5) is 0 Å². The van der Waals surface area contributed by atoms with E-state index in [1.54, 1.807) is 0 Å². The van der Waals surface area contributed by atoms with Crippen molar-refractivity contribution in [2.75, 3.05) is 0 Å². The van der Waals surface area contributed by atoms with Gasteiger partial charge in [0, 0.05) is 22.6 Å². The van der Waals surface area contributed by atoms with Gasteiger partial charge >= 0.3 is 0 Å². The van der Waals surface area contributed by atoms with E-state index in [4.69, 9.17) is 5.73 Å². The van der Waals surface area contributed by atoms with Crippen LogP contribution in [-0.2, 0) is 6.42 Å². The average molecular weight is 216 g/mol. The molecule has 16 heavy (non-hydrogen) atoms. The summed E-state index contributed by atoms with van der Waals surface area (Å²) in [5.74, 6) is 0. The molecule has 2 rings (SSSR count). The van der Waals surface area contributed by atoms with Gasteiger partial charge in [-0.3, -0.25) is 0 Å². The molecule has 0 amide bonds. The van der Waals surface area contributed by atoms with Crippen LogP contribution in [0, 0.1) is 0 Å². The normalized spacial score (nSPS) is 12.2. The lowest BCUT2D eigenvalue weighted by atomic mass is 9.87. The highest BCUT2D eigenvalue weighted by molar-refractivity contribution is 5.83. The molecule has 3 N–H and O–H groups in total. The molecule has 1 aromatic carbocycles. The van der Waals surface area contributed by atoms with Crippen LogP contribution in [0.5, 0.6) is 0 Å². The van der Waals surface area contributed by atoms with Crippen molar-refractivity contribution >= 4 is 10.9 Å². The molecule has 0 radical (unpaired) electrons. The van der Waals surface area contributed by atoms with Crippen LogP contribution < -0.4 is 5.73 Å². The number of benzene rings is 1. The lowest BCUT2D eigenvalue weighted by Gasteiger charge is -2.26. The molecule has 0 aliphatic rings. The molecule has 0 aliphatic heterocycles. The first-order valence-corrected chi connectivity index (χ1v) is 6.02. The first kappa shape index (κ1) is 11.2. The number of aromatic amines is 1.